The summed E-state index contributed by atoms with van der Waals surface area (Å²) in [4.78, 5) is 24.4. The van der Waals surface area contributed by atoms with Crippen molar-refractivity contribution in [3.63, 3.8) is 0 Å². The maximum Gasteiger partial charge on any atom is 0.255 e. The molecular weight excluding hydrogens is 414 g/mol. The topological polar surface area (TPSA) is 73.1 Å². The first-order valence-corrected chi connectivity index (χ1v) is 11.1. The van der Waals surface area contributed by atoms with Crippen LogP contribution in [0.4, 0.5) is 0 Å². The van der Waals surface area contributed by atoms with Crippen LogP contribution < -0.4 is 4.74 Å². The fourth-order valence-electron chi connectivity index (χ4n) is 4.32. The Morgan fingerprint density at radius 1 is 1.06 bits per heavy atom. The van der Waals surface area contributed by atoms with Gasteiger partial charge in [-0.3, -0.25) is 9.78 Å². The van der Waals surface area contributed by atoms with Gasteiger partial charge in [-0.2, -0.15) is 5.10 Å². The third-order valence-electron chi connectivity index (χ3n) is 6.01. The van der Waals surface area contributed by atoms with E-state index >= 15 is 0 Å². The number of carbonyl (C=O) groups is 1. The number of piperidine rings is 1. The van der Waals surface area contributed by atoms with Crippen molar-refractivity contribution in [2.24, 2.45) is 0 Å². The van der Waals surface area contributed by atoms with Crippen LogP contribution in [0, 0.1) is 0 Å². The summed E-state index contributed by atoms with van der Waals surface area (Å²) in [7, 11) is 1.67. The average molecular weight is 440 g/mol. The molecule has 1 atom stereocenters. The molecule has 0 unspecified atom stereocenters. The Bertz CT molecular complexity index is 1240. The first-order chi connectivity index (χ1) is 16.2. The van der Waals surface area contributed by atoms with E-state index in [1.807, 2.05) is 65.7 Å². The van der Waals surface area contributed by atoms with Gasteiger partial charge in [0.15, 0.2) is 5.82 Å². The average Bonchev–Trinajstić information content (AvgIpc) is 3.44. The van der Waals surface area contributed by atoms with Gasteiger partial charge in [0.1, 0.15) is 5.75 Å². The van der Waals surface area contributed by atoms with E-state index in [2.05, 4.69) is 16.1 Å². The third kappa shape index (κ3) is 4.35. The number of carbonyl (C=O) groups excluding carboxylic acids is 1. The molecule has 4 aromatic rings. The lowest BCUT2D eigenvalue weighted by Gasteiger charge is -2.32. The molecule has 7 nitrogen and oxygen atoms in total. The number of hydrogen-bond donors (Lipinski definition) is 0. The smallest absolute Gasteiger partial charge is 0.255 e. The molecule has 1 aromatic carbocycles. The van der Waals surface area contributed by atoms with E-state index in [4.69, 9.17) is 9.72 Å². The van der Waals surface area contributed by atoms with Gasteiger partial charge in [0, 0.05) is 48.9 Å². The Morgan fingerprint density at radius 2 is 1.97 bits per heavy atom. The van der Waals surface area contributed by atoms with Crippen LogP contribution in [0.15, 0.2) is 79.3 Å². The first-order valence-electron chi connectivity index (χ1n) is 11.1. The summed E-state index contributed by atoms with van der Waals surface area (Å²) in [6.45, 7) is 1.38. The fraction of sp³-hybridized carbons (Fsp3) is 0.231. The van der Waals surface area contributed by atoms with E-state index in [1.54, 1.807) is 24.2 Å². The Kier molecular flexibility index (Phi) is 5.85. The molecule has 4 heterocycles. The van der Waals surface area contributed by atoms with Gasteiger partial charge in [0.05, 0.1) is 18.4 Å². The number of para-hydroxylation sites is 1. The summed E-state index contributed by atoms with van der Waals surface area (Å²) in [5.41, 5.74) is 3.44. The van der Waals surface area contributed by atoms with Gasteiger partial charge in [-0.15, -0.1) is 0 Å². The molecule has 7 heteroatoms. The molecule has 1 saturated heterocycles. The zero-order valence-corrected chi connectivity index (χ0v) is 18.5. The number of benzene rings is 1. The number of amides is 1. The second-order valence-electron chi connectivity index (χ2n) is 8.09. The SMILES string of the molecule is COc1ccccc1-c1cccc([C@@H]2CCCN(C(=O)c3ccc(-n4cccn4)nc3)C2)n1. The van der Waals surface area contributed by atoms with Crippen molar-refractivity contribution >= 4 is 5.91 Å². The zero-order valence-electron chi connectivity index (χ0n) is 18.5. The molecule has 0 spiro atoms. The van der Waals surface area contributed by atoms with E-state index in [9.17, 15) is 4.79 Å². The van der Waals surface area contributed by atoms with Crippen molar-refractivity contribution in [1.82, 2.24) is 24.6 Å². The molecule has 0 saturated carbocycles. The first kappa shape index (κ1) is 20.9. The van der Waals surface area contributed by atoms with Gasteiger partial charge in [-0.1, -0.05) is 18.2 Å². The van der Waals surface area contributed by atoms with Crippen molar-refractivity contribution in [1.29, 1.82) is 0 Å². The van der Waals surface area contributed by atoms with Crippen LogP contribution in [0.25, 0.3) is 17.1 Å². The van der Waals surface area contributed by atoms with E-state index in [0.29, 0.717) is 17.9 Å². The minimum absolute atomic E-state index is 0.0000912. The van der Waals surface area contributed by atoms with Gasteiger partial charge in [-0.05, 0) is 55.3 Å². The van der Waals surface area contributed by atoms with Crippen LogP contribution >= 0.6 is 0 Å². The number of methoxy groups -OCH3 is 1. The van der Waals surface area contributed by atoms with Crippen LogP contribution in [-0.4, -0.2) is 50.8 Å². The van der Waals surface area contributed by atoms with Crippen molar-refractivity contribution in [3.05, 3.63) is 90.5 Å². The van der Waals surface area contributed by atoms with E-state index < -0.39 is 0 Å². The summed E-state index contributed by atoms with van der Waals surface area (Å²) in [5.74, 6) is 1.67. The molecule has 0 radical (unpaired) electrons. The Labute approximate surface area is 192 Å². The number of rotatable bonds is 5. The summed E-state index contributed by atoms with van der Waals surface area (Å²) < 4.78 is 7.18. The van der Waals surface area contributed by atoms with Gasteiger partial charge < -0.3 is 9.64 Å². The number of pyridine rings is 2. The summed E-state index contributed by atoms with van der Waals surface area (Å²) in [6.07, 6.45) is 7.10. The Hall–Kier alpha value is -4.00. The molecule has 1 aliphatic heterocycles. The zero-order chi connectivity index (χ0) is 22.6. The molecule has 1 fully saturated rings. The molecule has 0 aliphatic carbocycles. The van der Waals surface area contributed by atoms with E-state index in [-0.39, 0.29) is 11.8 Å². The maximum absolute atomic E-state index is 13.2. The fourth-order valence-corrected chi connectivity index (χ4v) is 4.32. The molecule has 1 aliphatic rings. The van der Waals surface area contributed by atoms with Crippen molar-refractivity contribution < 1.29 is 9.53 Å². The van der Waals surface area contributed by atoms with Gasteiger partial charge >= 0.3 is 0 Å². The van der Waals surface area contributed by atoms with Crippen LogP contribution in [0.1, 0.15) is 34.8 Å². The highest BCUT2D eigenvalue weighted by Crippen LogP contribution is 2.31. The largest absolute Gasteiger partial charge is 0.496 e. The molecule has 0 N–H and O–H groups in total. The molecule has 33 heavy (non-hydrogen) atoms. The second-order valence-corrected chi connectivity index (χ2v) is 8.09. The molecule has 166 valence electrons. The summed E-state index contributed by atoms with van der Waals surface area (Å²) in [5, 5.41) is 4.18. The van der Waals surface area contributed by atoms with Crippen LogP contribution in [0.3, 0.4) is 0 Å². The summed E-state index contributed by atoms with van der Waals surface area (Å²) in [6, 6.07) is 19.5. The Balaban J connectivity index is 1.33. The summed E-state index contributed by atoms with van der Waals surface area (Å²) >= 11 is 0. The highest BCUT2D eigenvalue weighted by molar-refractivity contribution is 5.94. The maximum atomic E-state index is 13.2. The number of ether oxygens (including phenoxy) is 1. The highest BCUT2D eigenvalue weighted by atomic mass is 16.5. The number of nitrogens with zero attached hydrogens (tertiary/aromatic N) is 5. The van der Waals surface area contributed by atoms with Crippen molar-refractivity contribution in [2.45, 2.75) is 18.8 Å². The molecule has 0 bridgehead atoms. The quantitative estimate of drug-likeness (QED) is 0.462. The lowest BCUT2D eigenvalue weighted by Crippen LogP contribution is -2.39. The minimum atomic E-state index is 0.0000912. The van der Waals surface area contributed by atoms with Crippen LogP contribution in [-0.2, 0) is 0 Å². The molecule has 1 amide bonds. The number of likely N-dealkylation sites (tertiary alicyclic amines) is 1. The van der Waals surface area contributed by atoms with Gasteiger partial charge in [0.2, 0.25) is 0 Å². The lowest BCUT2D eigenvalue weighted by molar-refractivity contribution is 0.0705. The molecule has 5 rings (SSSR count). The normalized spacial score (nSPS) is 15.9. The lowest BCUT2D eigenvalue weighted by atomic mass is 9.93. The predicted octanol–water partition coefficient (Wildman–Crippen LogP) is 4.36. The highest BCUT2D eigenvalue weighted by Gasteiger charge is 2.27. The second kappa shape index (κ2) is 9.24. The van der Waals surface area contributed by atoms with Crippen LogP contribution in [0.2, 0.25) is 0 Å². The minimum Gasteiger partial charge on any atom is -0.496 e. The standard InChI is InChI=1S/C26H25N5O2/c1-33-24-11-3-2-8-21(24)23-10-4-9-22(29-23)20-7-5-15-30(18-20)26(32)19-12-13-25(27-17-19)31-16-6-14-28-31/h2-4,6,8-14,16-17,20H,5,7,15,18H2,1H3/t20-/m1/s1. The third-order valence-corrected chi connectivity index (χ3v) is 6.01. The van der Waals surface area contributed by atoms with Gasteiger partial charge in [0.25, 0.3) is 5.91 Å². The Morgan fingerprint density at radius 3 is 2.76 bits per heavy atom. The van der Waals surface area contributed by atoms with Crippen LogP contribution in [0.5, 0.6) is 5.75 Å². The molecular formula is C26H25N5O2. The van der Waals surface area contributed by atoms with Crippen molar-refractivity contribution in [3.8, 4) is 22.8 Å². The number of aromatic nitrogens is 4. The van der Waals surface area contributed by atoms with Gasteiger partial charge in [-0.25, -0.2) is 9.67 Å². The van der Waals surface area contributed by atoms with E-state index in [0.717, 1.165) is 42.1 Å². The monoisotopic (exact) mass is 439 g/mol. The number of hydrogen-bond acceptors (Lipinski definition) is 5. The van der Waals surface area contributed by atoms with E-state index in [1.165, 1.54) is 0 Å². The predicted molar refractivity (Wildman–Crippen MR) is 125 cm³/mol. The van der Waals surface area contributed by atoms with Crippen molar-refractivity contribution in [2.75, 3.05) is 20.2 Å². The molecule has 3 aromatic heterocycles.